The van der Waals surface area contributed by atoms with Crippen molar-refractivity contribution in [1.82, 2.24) is 0 Å². The van der Waals surface area contributed by atoms with Crippen LogP contribution in [0.2, 0.25) is 5.02 Å². The molecule has 1 amide bonds. The molecule has 1 aliphatic rings. The molecular formula is C23H21ClN2O3S. The topological polar surface area (TPSA) is 66.5 Å². The zero-order chi connectivity index (χ0) is 21.3. The van der Waals surface area contributed by atoms with Gasteiger partial charge in [0.1, 0.15) is 0 Å². The van der Waals surface area contributed by atoms with Crippen LogP contribution in [0.1, 0.15) is 27.9 Å². The van der Waals surface area contributed by atoms with E-state index in [1.54, 1.807) is 30.3 Å². The fourth-order valence-corrected chi connectivity index (χ4v) is 5.37. The number of nitrogens with one attached hydrogen (secondary N) is 1. The Kier molecular flexibility index (Phi) is 5.54. The highest BCUT2D eigenvalue weighted by Gasteiger charge is 2.29. The normalized spacial score (nSPS) is 13.6. The van der Waals surface area contributed by atoms with Crippen LogP contribution in [-0.2, 0) is 16.4 Å². The molecule has 3 aromatic carbocycles. The number of halogens is 1. The van der Waals surface area contributed by atoms with Gasteiger partial charge < -0.3 is 5.32 Å². The molecule has 0 saturated carbocycles. The van der Waals surface area contributed by atoms with Gasteiger partial charge in [0.15, 0.2) is 0 Å². The number of fused-ring (bicyclic) bond motifs is 1. The third kappa shape index (κ3) is 3.80. The van der Waals surface area contributed by atoms with Crippen LogP contribution in [0.25, 0.3) is 0 Å². The second kappa shape index (κ2) is 8.13. The van der Waals surface area contributed by atoms with Crippen LogP contribution in [-0.4, -0.2) is 20.9 Å². The summed E-state index contributed by atoms with van der Waals surface area (Å²) in [6, 6.07) is 18.9. The summed E-state index contributed by atoms with van der Waals surface area (Å²) in [7, 11) is -3.79. The van der Waals surface area contributed by atoms with Gasteiger partial charge in [-0.1, -0.05) is 41.9 Å². The first kappa shape index (κ1) is 20.4. The van der Waals surface area contributed by atoms with Gasteiger partial charge in [-0.25, -0.2) is 8.42 Å². The van der Waals surface area contributed by atoms with Gasteiger partial charge in [-0.05, 0) is 67.3 Å². The highest BCUT2D eigenvalue weighted by atomic mass is 35.5. The van der Waals surface area contributed by atoms with Crippen LogP contribution in [0.5, 0.6) is 0 Å². The molecule has 1 heterocycles. The van der Waals surface area contributed by atoms with Crippen molar-refractivity contribution in [2.24, 2.45) is 0 Å². The van der Waals surface area contributed by atoms with Crippen molar-refractivity contribution in [1.29, 1.82) is 0 Å². The molecule has 0 aromatic heterocycles. The predicted molar refractivity (Wildman–Crippen MR) is 120 cm³/mol. The third-order valence-electron chi connectivity index (χ3n) is 5.27. The van der Waals surface area contributed by atoms with Gasteiger partial charge in [-0.3, -0.25) is 9.10 Å². The number of rotatable bonds is 4. The maximum Gasteiger partial charge on any atom is 0.264 e. The summed E-state index contributed by atoms with van der Waals surface area (Å²) in [4.78, 5) is 12.9. The van der Waals surface area contributed by atoms with Gasteiger partial charge in [-0.2, -0.15) is 0 Å². The molecule has 0 unspecified atom stereocenters. The molecule has 1 aliphatic heterocycles. The lowest BCUT2D eigenvalue weighted by Crippen LogP contribution is -2.35. The molecule has 30 heavy (non-hydrogen) atoms. The molecule has 0 aliphatic carbocycles. The second-order valence-electron chi connectivity index (χ2n) is 7.20. The summed E-state index contributed by atoms with van der Waals surface area (Å²) in [5, 5.41) is 3.36. The molecule has 0 atom stereocenters. The van der Waals surface area contributed by atoms with Gasteiger partial charge in [0.05, 0.1) is 10.6 Å². The van der Waals surface area contributed by atoms with Crippen molar-refractivity contribution in [2.75, 3.05) is 16.2 Å². The van der Waals surface area contributed by atoms with Crippen LogP contribution < -0.4 is 9.62 Å². The van der Waals surface area contributed by atoms with Crippen molar-refractivity contribution in [3.63, 3.8) is 0 Å². The van der Waals surface area contributed by atoms with E-state index in [0.717, 1.165) is 24.0 Å². The first-order valence-corrected chi connectivity index (χ1v) is 11.5. The van der Waals surface area contributed by atoms with Gasteiger partial charge >= 0.3 is 0 Å². The standard InChI is InChI=1S/C23H21ClN2O3S/c1-16-20(24)11-5-12-21(16)25-23(27)18-8-4-10-19(15-18)30(28,29)26-14-6-9-17-7-2-3-13-22(17)26/h2-5,7-8,10-13,15H,6,9,14H2,1H3,(H,25,27). The number of nitrogens with zero attached hydrogens (tertiary/aromatic N) is 1. The largest absolute Gasteiger partial charge is 0.322 e. The fourth-order valence-electron chi connectivity index (χ4n) is 3.61. The molecule has 1 N–H and O–H groups in total. The van der Waals surface area contributed by atoms with E-state index < -0.39 is 15.9 Å². The quantitative estimate of drug-likeness (QED) is 0.617. The Bertz CT molecular complexity index is 1220. The minimum absolute atomic E-state index is 0.0923. The monoisotopic (exact) mass is 440 g/mol. The lowest BCUT2D eigenvalue weighted by molar-refractivity contribution is 0.102. The molecule has 154 valence electrons. The smallest absolute Gasteiger partial charge is 0.264 e. The van der Waals surface area contributed by atoms with E-state index in [-0.39, 0.29) is 10.5 Å². The van der Waals surface area contributed by atoms with E-state index in [4.69, 9.17) is 11.6 Å². The van der Waals surface area contributed by atoms with Gasteiger partial charge in [0, 0.05) is 22.8 Å². The number of aryl methyl sites for hydroxylation is 1. The van der Waals surface area contributed by atoms with E-state index in [2.05, 4.69) is 5.32 Å². The molecule has 7 heteroatoms. The second-order valence-corrected chi connectivity index (χ2v) is 9.47. The zero-order valence-electron chi connectivity index (χ0n) is 16.4. The number of anilines is 2. The SMILES string of the molecule is Cc1c(Cl)cccc1NC(=O)c1cccc(S(=O)(=O)N2CCCc3ccccc32)c1. The van der Waals surface area contributed by atoms with Crippen molar-refractivity contribution >= 4 is 38.9 Å². The van der Waals surface area contributed by atoms with E-state index >= 15 is 0 Å². The predicted octanol–water partition coefficient (Wildman–Crippen LogP) is 5.04. The number of sulfonamides is 1. The van der Waals surface area contributed by atoms with E-state index in [1.165, 1.54) is 16.4 Å². The Morgan fingerprint density at radius 1 is 1.03 bits per heavy atom. The molecule has 0 spiro atoms. The summed E-state index contributed by atoms with van der Waals surface area (Å²) in [5.41, 5.74) is 3.32. The molecule has 5 nitrogen and oxygen atoms in total. The summed E-state index contributed by atoms with van der Waals surface area (Å²) in [6.07, 6.45) is 1.61. The van der Waals surface area contributed by atoms with Crippen LogP contribution in [0.15, 0.2) is 71.6 Å². The van der Waals surface area contributed by atoms with Gasteiger partial charge in [0.2, 0.25) is 0 Å². The van der Waals surface area contributed by atoms with Crippen LogP contribution in [0.3, 0.4) is 0 Å². The number of carbonyl (C=O) groups excluding carboxylic acids is 1. The Morgan fingerprint density at radius 2 is 1.80 bits per heavy atom. The van der Waals surface area contributed by atoms with Gasteiger partial charge in [0.25, 0.3) is 15.9 Å². The molecule has 0 fully saturated rings. The first-order chi connectivity index (χ1) is 14.4. The number of hydrogen-bond donors (Lipinski definition) is 1. The summed E-state index contributed by atoms with van der Waals surface area (Å²) >= 11 is 6.12. The number of para-hydroxylation sites is 1. The van der Waals surface area contributed by atoms with Crippen LogP contribution in [0, 0.1) is 6.92 Å². The number of carbonyl (C=O) groups is 1. The zero-order valence-corrected chi connectivity index (χ0v) is 18.0. The van der Waals surface area contributed by atoms with Crippen molar-refractivity contribution in [3.8, 4) is 0 Å². The Labute approximate surface area is 181 Å². The van der Waals surface area contributed by atoms with Gasteiger partial charge in [-0.15, -0.1) is 0 Å². The van der Waals surface area contributed by atoms with Crippen molar-refractivity contribution < 1.29 is 13.2 Å². The maximum atomic E-state index is 13.4. The van der Waals surface area contributed by atoms with E-state index in [9.17, 15) is 13.2 Å². The number of hydrogen-bond acceptors (Lipinski definition) is 3. The lowest BCUT2D eigenvalue weighted by Gasteiger charge is -2.30. The summed E-state index contributed by atoms with van der Waals surface area (Å²) in [6.45, 7) is 2.23. The molecule has 4 rings (SSSR count). The minimum Gasteiger partial charge on any atom is -0.322 e. The highest BCUT2D eigenvalue weighted by molar-refractivity contribution is 7.92. The van der Waals surface area contributed by atoms with E-state index in [1.807, 2.05) is 31.2 Å². The molecule has 0 bridgehead atoms. The third-order valence-corrected chi connectivity index (χ3v) is 7.49. The molecule has 3 aromatic rings. The van der Waals surface area contributed by atoms with Crippen LogP contribution in [0.4, 0.5) is 11.4 Å². The summed E-state index contributed by atoms with van der Waals surface area (Å²) < 4.78 is 28.2. The van der Waals surface area contributed by atoms with E-state index in [0.29, 0.717) is 22.9 Å². The average Bonchev–Trinajstić information content (AvgIpc) is 2.76. The Morgan fingerprint density at radius 3 is 2.63 bits per heavy atom. The van der Waals surface area contributed by atoms with Crippen molar-refractivity contribution in [2.45, 2.75) is 24.7 Å². The average molecular weight is 441 g/mol. The Hall–Kier alpha value is -2.83. The lowest BCUT2D eigenvalue weighted by atomic mass is 10.0. The van der Waals surface area contributed by atoms with Crippen molar-refractivity contribution in [3.05, 3.63) is 88.4 Å². The highest BCUT2D eigenvalue weighted by Crippen LogP contribution is 2.32. The molecule has 0 saturated heterocycles. The first-order valence-electron chi connectivity index (χ1n) is 9.65. The fraction of sp³-hybridized carbons (Fsp3) is 0.174. The van der Waals surface area contributed by atoms with Crippen LogP contribution >= 0.6 is 11.6 Å². The molecular weight excluding hydrogens is 420 g/mol. The number of amides is 1. The summed E-state index contributed by atoms with van der Waals surface area (Å²) in [5.74, 6) is -0.392. The number of benzene rings is 3. The minimum atomic E-state index is -3.79. The maximum absolute atomic E-state index is 13.4. The molecule has 0 radical (unpaired) electrons. The Balaban J connectivity index is 1.65.